The van der Waals surface area contributed by atoms with Crippen LogP contribution in [0.1, 0.15) is 39.5 Å². The Hall–Kier alpha value is -1.09. The number of allylic oxidation sites excluding steroid dienone is 2. The van der Waals surface area contributed by atoms with Gasteiger partial charge >= 0.3 is 5.97 Å². The molecule has 0 amide bonds. The minimum atomic E-state index is -0.146. The van der Waals surface area contributed by atoms with Gasteiger partial charge < -0.3 is 9.47 Å². The van der Waals surface area contributed by atoms with E-state index < -0.39 is 0 Å². The number of hydrogen-bond donors (Lipinski definition) is 0. The van der Waals surface area contributed by atoms with E-state index in [1.165, 1.54) is 0 Å². The normalized spacial score (nSPS) is 13.5. The highest BCUT2D eigenvalue weighted by Crippen LogP contribution is 2.10. The summed E-state index contributed by atoms with van der Waals surface area (Å²) in [6.07, 6.45) is 9.54. The van der Waals surface area contributed by atoms with E-state index in [1.54, 1.807) is 7.11 Å². The summed E-state index contributed by atoms with van der Waals surface area (Å²) >= 11 is 0. The molecule has 3 nitrogen and oxygen atoms in total. The zero-order chi connectivity index (χ0) is 12.9. The average Bonchev–Trinajstić information content (AvgIpc) is 2.40. The molecule has 0 fully saturated rings. The minimum Gasteiger partial charge on any atom is -0.461 e. The predicted octanol–water partition coefficient (Wildman–Crippen LogP) is 3.26. The summed E-state index contributed by atoms with van der Waals surface area (Å²) in [4.78, 5) is 11.2. The highest BCUT2D eigenvalue weighted by Gasteiger charge is 2.04. The Morgan fingerprint density at radius 3 is 2.71 bits per heavy atom. The molecule has 0 unspecified atom stereocenters. The molecule has 98 valence electrons. The standard InChI is InChI=1S/C12H18O3.C2H6/c1-14-9-5-8-12(13)15-10-11-6-3-2-4-7-11;1-2/h3,6-7H,2,4-5,8-10H2,1H3;1-2H3. The third kappa shape index (κ3) is 8.69. The van der Waals surface area contributed by atoms with Gasteiger partial charge in [-0.05, 0) is 24.8 Å². The SMILES string of the molecule is CC.COCCCC(=O)OCC1=CCCC=C1. The summed E-state index contributed by atoms with van der Waals surface area (Å²) in [6.45, 7) is 5.01. The van der Waals surface area contributed by atoms with Gasteiger partial charge in [0, 0.05) is 20.1 Å². The Bertz CT molecular complexity index is 254. The third-order valence-corrected chi connectivity index (χ3v) is 2.20. The van der Waals surface area contributed by atoms with Crippen LogP contribution in [0.2, 0.25) is 0 Å². The molecule has 0 atom stereocenters. The Labute approximate surface area is 104 Å². The molecule has 1 aliphatic rings. The van der Waals surface area contributed by atoms with E-state index in [4.69, 9.17) is 9.47 Å². The number of esters is 1. The predicted molar refractivity (Wildman–Crippen MR) is 69.9 cm³/mol. The fourth-order valence-corrected chi connectivity index (χ4v) is 1.37. The molecule has 0 aromatic heterocycles. The smallest absolute Gasteiger partial charge is 0.306 e. The molecule has 1 aliphatic carbocycles. The second-order valence-corrected chi connectivity index (χ2v) is 3.52. The first kappa shape index (κ1) is 15.9. The molecule has 0 bridgehead atoms. The highest BCUT2D eigenvalue weighted by atomic mass is 16.5. The van der Waals surface area contributed by atoms with Crippen LogP contribution in [0.5, 0.6) is 0 Å². The number of rotatable bonds is 6. The van der Waals surface area contributed by atoms with Crippen LogP contribution < -0.4 is 0 Å². The van der Waals surface area contributed by atoms with Crippen LogP contribution in [-0.2, 0) is 14.3 Å². The molecule has 0 aliphatic heterocycles. The average molecular weight is 240 g/mol. The maximum atomic E-state index is 11.2. The lowest BCUT2D eigenvalue weighted by Gasteiger charge is -2.08. The van der Waals surface area contributed by atoms with E-state index >= 15 is 0 Å². The Kier molecular flexibility index (Phi) is 10.7. The summed E-state index contributed by atoms with van der Waals surface area (Å²) in [5.41, 5.74) is 1.10. The van der Waals surface area contributed by atoms with Crippen molar-refractivity contribution in [3.63, 3.8) is 0 Å². The molecule has 0 radical (unpaired) electrons. The van der Waals surface area contributed by atoms with Gasteiger partial charge in [0.1, 0.15) is 6.61 Å². The van der Waals surface area contributed by atoms with Gasteiger partial charge in [0.2, 0.25) is 0 Å². The van der Waals surface area contributed by atoms with E-state index in [1.807, 2.05) is 19.9 Å². The molecule has 0 N–H and O–H groups in total. The van der Waals surface area contributed by atoms with Gasteiger partial charge in [0.05, 0.1) is 0 Å². The van der Waals surface area contributed by atoms with Gasteiger partial charge in [-0.15, -0.1) is 0 Å². The quantitative estimate of drug-likeness (QED) is 0.528. The van der Waals surface area contributed by atoms with Crippen LogP contribution in [0, 0.1) is 0 Å². The number of hydrogen-bond acceptors (Lipinski definition) is 3. The first-order chi connectivity index (χ1) is 8.33. The second kappa shape index (κ2) is 11.4. The number of carbonyl (C=O) groups excluding carboxylic acids is 1. The molecule has 0 aromatic rings. The van der Waals surface area contributed by atoms with Crippen LogP contribution >= 0.6 is 0 Å². The van der Waals surface area contributed by atoms with Gasteiger partial charge in [0.15, 0.2) is 0 Å². The van der Waals surface area contributed by atoms with Crippen molar-refractivity contribution in [3.8, 4) is 0 Å². The van der Waals surface area contributed by atoms with E-state index in [9.17, 15) is 4.79 Å². The van der Waals surface area contributed by atoms with Gasteiger partial charge in [-0.3, -0.25) is 4.79 Å². The van der Waals surface area contributed by atoms with Crippen molar-refractivity contribution < 1.29 is 14.3 Å². The van der Waals surface area contributed by atoms with Crippen LogP contribution in [0.3, 0.4) is 0 Å². The summed E-state index contributed by atoms with van der Waals surface area (Å²) in [6, 6.07) is 0. The maximum Gasteiger partial charge on any atom is 0.306 e. The lowest BCUT2D eigenvalue weighted by Crippen LogP contribution is -2.08. The van der Waals surface area contributed by atoms with E-state index in [2.05, 4.69) is 12.2 Å². The number of carbonyl (C=O) groups is 1. The van der Waals surface area contributed by atoms with E-state index in [0.29, 0.717) is 19.6 Å². The zero-order valence-corrected chi connectivity index (χ0v) is 11.2. The Morgan fingerprint density at radius 1 is 1.35 bits per heavy atom. The lowest BCUT2D eigenvalue weighted by atomic mass is 10.1. The van der Waals surface area contributed by atoms with Crippen molar-refractivity contribution in [2.24, 2.45) is 0 Å². The number of methoxy groups -OCH3 is 1. The van der Waals surface area contributed by atoms with Crippen LogP contribution in [0.15, 0.2) is 23.8 Å². The largest absolute Gasteiger partial charge is 0.461 e. The molecular weight excluding hydrogens is 216 g/mol. The molecule has 3 heteroatoms. The van der Waals surface area contributed by atoms with Crippen molar-refractivity contribution in [1.82, 2.24) is 0 Å². The molecule has 0 saturated heterocycles. The van der Waals surface area contributed by atoms with Crippen molar-refractivity contribution in [1.29, 1.82) is 0 Å². The molecule has 0 saturated carbocycles. The monoisotopic (exact) mass is 240 g/mol. The molecule has 1 rings (SSSR count). The first-order valence-corrected chi connectivity index (χ1v) is 6.33. The Balaban J connectivity index is 0.00000121. The molecule has 0 spiro atoms. The Morgan fingerprint density at radius 2 is 2.12 bits per heavy atom. The first-order valence-electron chi connectivity index (χ1n) is 6.33. The summed E-state index contributed by atoms with van der Waals surface area (Å²) in [5.74, 6) is -0.146. The van der Waals surface area contributed by atoms with Gasteiger partial charge in [0.25, 0.3) is 0 Å². The second-order valence-electron chi connectivity index (χ2n) is 3.52. The van der Waals surface area contributed by atoms with Crippen LogP contribution in [0.25, 0.3) is 0 Å². The van der Waals surface area contributed by atoms with E-state index in [-0.39, 0.29) is 5.97 Å². The third-order valence-electron chi connectivity index (χ3n) is 2.20. The van der Waals surface area contributed by atoms with Crippen molar-refractivity contribution in [2.45, 2.75) is 39.5 Å². The van der Waals surface area contributed by atoms with Gasteiger partial charge in [-0.2, -0.15) is 0 Å². The fraction of sp³-hybridized carbons (Fsp3) is 0.643. The molecule has 0 heterocycles. The van der Waals surface area contributed by atoms with Crippen molar-refractivity contribution in [2.75, 3.05) is 20.3 Å². The maximum absolute atomic E-state index is 11.2. The molecule has 0 aromatic carbocycles. The van der Waals surface area contributed by atoms with Crippen molar-refractivity contribution >= 4 is 5.97 Å². The summed E-state index contributed by atoms with van der Waals surface area (Å²) in [5, 5.41) is 0. The zero-order valence-electron chi connectivity index (χ0n) is 11.2. The lowest BCUT2D eigenvalue weighted by molar-refractivity contribution is -0.142. The molecular formula is C14H24O3. The topological polar surface area (TPSA) is 35.5 Å². The fourth-order valence-electron chi connectivity index (χ4n) is 1.37. The summed E-state index contributed by atoms with van der Waals surface area (Å²) < 4.78 is 9.97. The van der Waals surface area contributed by atoms with Crippen LogP contribution in [0.4, 0.5) is 0 Å². The molecule has 17 heavy (non-hydrogen) atoms. The van der Waals surface area contributed by atoms with Gasteiger partial charge in [-0.1, -0.05) is 32.1 Å². The number of ether oxygens (including phenoxy) is 2. The van der Waals surface area contributed by atoms with E-state index in [0.717, 1.165) is 24.8 Å². The van der Waals surface area contributed by atoms with Crippen LogP contribution in [-0.4, -0.2) is 26.3 Å². The van der Waals surface area contributed by atoms with Gasteiger partial charge in [-0.25, -0.2) is 0 Å². The minimum absolute atomic E-state index is 0.146. The highest BCUT2D eigenvalue weighted by molar-refractivity contribution is 5.69. The summed E-state index contributed by atoms with van der Waals surface area (Å²) in [7, 11) is 1.63. The van der Waals surface area contributed by atoms with Crippen molar-refractivity contribution in [3.05, 3.63) is 23.8 Å².